The number of benzene rings is 1. The Morgan fingerprint density at radius 2 is 2.29 bits per heavy atom. The molecule has 1 atom stereocenters. The Kier molecular flexibility index (Phi) is 5.25. The molecule has 1 aromatic rings. The van der Waals surface area contributed by atoms with Crippen LogP contribution in [0.5, 0.6) is 0 Å². The maximum absolute atomic E-state index is 11.9. The van der Waals surface area contributed by atoms with E-state index in [4.69, 9.17) is 22.1 Å². The maximum Gasteiger partial charge on any atom is 0.255 e. The van der Waals surface area contributed by atoms with Crippen LogP contribution in [0.1, 0.15) is 23.7 Å². The van der Waals surface area contributed by atoms with Gasteiger partial charge in [-0.05, 0) is 25.5 Å². The molecule has 94 valence electrons. The number of nitrogens with two attached hydrogens (primary N) is 1. The molecule has 1 unspecified atom stereocenters. The van der Waals surface area contributed by atoms with E-state index in [0.717, 1.165) is 6.42 Å². The van der Waals surface area contributed by atoms with Crippen LogP contribution in [0.2, 0.25) is 5.02 Å². The summed E-state index contributed by atoms with van der Waals surface area (Å²) in [5, 5.41) is 3.19. The van der Waals surface area contributed by atoms with Gasteiger partial charge >= 0.3 is 0 Å². The molecule has 0 aromatic heterocycles. The van der Waals surface area contributed by atoms with Gasteiger partial charge in [-0.2, -0.15) is 0 Å². The predicted molar refractivity (Wildman–Crippen MR) is 69.3 cm³/mol. The number of hydrogen-bond acceptors (Lipinski definition) is 3. The Balaban J connectivity index is 2.70. The number of ether oxygens (including phenoxy) is 1. The number of halogens is 1. The lowest BCUT2D eigenvalue weighted by atomic mass is 10.1. The fourth-order valence-electron chi connectivity index (χ4n) is 1.44. The average Bonchev–Trinajstić information content (AvgIpc) is 2.26. The highest BCUT2D eigenvalue weighted by molar-refractivity contribution is 6.34. The molecule has 1 aromatic carbocycles. The van der Waals surface area contributed by atoms with Crippen molar-refractivity contribution in [3.63, 3.8) is 0 Å². The molecule has 0 bridgehead atoms. The standard InChI is InChI=1S/C12H17ClN2O2/c1-8(6-7-17-2)15-12(16)11-9(13)4-3-5-10(11)14/h3-5,8H,6-7,14H2,1-2H3,(H,15,16). The summed E-state index contributed by atoms with van der Waals surface area (Å²) in [6.07, 6.45) is 0.743. The van der Waals surface area contributed by atoms with Gasteiger partial charge in [0.15, 0.2) is 0 Å². The van der Waals surface area contributed by atoms with Gasteiger partial charge in [0.1, 0.15) is 0 Å². The summed E-state index contributed by atoms with van der Waals surface area (Å²) in [5.41, 5.74) is 6.44. The van der Waals surface area contributed by atoms with Crippen LogP contribution in [0.4, 0.5) is 5.69 Å². The lowest BCUT2D eigenvalue weighted by molar-refractivity contribution is 0.0930. The van der Waals surface area contributed by atoms with E-state index < -0.39 is 0 Å². The molecule has 3 N–H and O–H groups in total. The van der Waals surface area contributed by atoms with E-state index in [1.165, 1.54) is 0 Å². The minimum absolute atomic E-state index is 0.0122. The molecule has 4 nitrogen and oxygen atoms in total. The fourth-order valence-corrected chi connectivity index (χ4v) is 1.71. The summed E-state index contributed by atoms with van der Waals surface area (Å²) in [4.78, 5) is 11.9. The van der Waals surface area contributed by atoms with Crippen molar-refractivity contribution >= 4 is 23.2 Å². The first-order chi connectivity index (χ1) is 8.06. The molecule has 0 aliphatic heterocycles. The van der Waals surface area contributed by atoms with Gasteiger partial charge in [-0.15, -0.1) is 0 Å². The van der Waals surface area contributed by atoms with Crippen LogP contribution in [0.25, 0.3) is 0 Å². The molecular formula is C12H17ClN2O2. The van der Waals surface area contributed by atoms with Crippen LogP contribution in [-0.4, -0.2) is 25.7 Å². The number of carbonyl (C=O) groups excluding carboxylic acids is 1. The zero-order valence-electron chi connectivity index (χ0n) is 10.00. The second kappa shape index (κ2) is 6.47. The van der Waals surface area contributed by atoms with Crippen LogP contribution >= 0.6 is 11.6 Å². The molecule has 0 saturated heterocycles. The smallest absolute Gasteiger partial charge is 0.255 e. The largest absolute Gasteiger partial charge is 0.398 e. The van der Waals surface area contributed by atoms with Crippen molar-refractivity contribution in [1.82, 2.24) is 5.32 Å². The van der Waals surface area contributed by atoms with Crippen molar-refractivity contribution in [1.29, 1.82) is 0 Å². The number of methoxy groups -OCH3 is 1. The molecule has 0 spiro atoms. The molecule has 0 aliphatic rings. The summed E-state index contributed by atoms with van der Waals surface area (Å²) in [6.45, 7) is 2.50. The van der Waals surface area contributed by atoms with E-state index in [-0.39, 0.29) is 11.9 Å². The lowest BCUT2D eigenvalue weighted by Gasteiger charge is -2.15. The number of carbonyl (C=O) groups is 1. The summed E-state index contributed by atoms with van der Waals surface area (Å²) in [5.74, 6) is -0.253. The van der Waals surface area contributed by atoms with Gasteiger partial charge in [0.2, 0.25) is 0 Å². The topological polar surface area (TPSA) is 64.3 Å². The summed E-state index contributed by atoms with van der Waals surface area (Å²) in [7, 11) is 1.63. The molecule has 0 fully saturated rings. The lowest BCUT2D eigenvalue weighted by Crippen LogP contribution is -2.34. The van der Waals surface area contributed by atoms with Crippen molar-refractivity contribution in [2.75, 3.05) is 19.5 Å². The fraction of sp³-hybridized carbons (Fsp3) is 0.417. The first-order valence-corrected chi connectivity index (χ1v) is 5.77. The molecule has 0 radical (unpaired) electrons. The van der Waals surface area contributed by atoms with Crippen LogP contribution in [-0.2, 0) is 4.74 Å². The van der Waals surface area contributed by atoms with Gasteiger partial charge in [-0.1, -0.05) is 17.7 Å². The van der Waals surface area contributed by atoms with Gasteiger partial charge < -0.3 is 15.8 Å². The van der Waals surface area contributed by atoms with Crippen molar-refractivity contribution in [2.45, 2.75) is 19.4 Å². The molecule has 1 rings (SSSR count). The Labute approximate surface area is 106 Å². The van der Waals surface area contributed by atoms with Crippen molar-refractivity contribution in [2.24, 2.45) is 0 Å². The maximum atomic E-state index is 11.9. The molecule has 0 aliphatic carbocycles. The average molecular weight is 257 g/mol. The molecule has 1 amide bonds. The number of amides is 1. The highest BCUT2D eigenvalue weighted by atomic mass is 35.5. The Morgan fingerprint density at radius 1 is 1.59 bits per heavy atom. The Bertz CT molecular complexity index is 376. The van der Waals surface area contributed by atoms with Gasteiger partial charge in [0.05, 0.1) is 10.6 Å². The zero-order valence-corrected chi connectivity index (χ0v) is 10.8. The number of rotatable bonds is 5. The molecule has 0 heterocycles. The van der Waals surface area contributed by atoms with Gasteiger partial charge in [0.25, 0.3) is 5.91 Å². The number of nitrogen functional groups attached to an aromatic ring is 1. The highest BCUT2D eigenvalue weighted by Crippen LogP contribution is 2.21. The van der Waals surface area contributed by atoms with E-state index in [0.29, 0.717) is 22.9 Å². The second-order valence-electron chi connectivity index (χ2n) is 3.86. The third kappa shape index (κ3) is 3.91. The molecular weight excluding hydrogens is 240 g/mol. The number of anilines is 1. The quantitative estimate of drug-likeness (QED) is 0.793. The zero-order chi connectivity index (χ0) is 12.8. The summed E-state index contributed by atoms with van der Waals surface area (Å²) < 4.78 is 4.95. The molecule has 0 saturated carbocycles. The third-order valence-electron chi connectivity index (χ3n) is 2.41. The first-order valence-electron chi connectivity index (χ1n) is 5.40. The SMILES string of the molecule is COCCC(C)NC(=O)c1c(N)cccc1Cl. The summed E-state index contributed by atoms with van der Waals surface area (Å²) >= 11 is 5.95. The van der Waals surface area contributed by atoms with E-state index in [2.05, 4.69) is 5.32 Å². The van der Waals surface area contributed by atoms with Crippen molar-refractivity contribution < 1.29 is 9.53 Å². The monoisotopic (exact) mass is 256 g/mol. The second-order valence-corrected chi connectivity index (χ2v) is 4.27. The minimum Gasteiger partial charge on any atom is -0.398 e. The van der Waals surface area contributed by atoms with Gasteiger partial charge in [0, 0.05) is 25.4 Å². The normalized spacial score (nSPS) is 12.2. The molecule has 5 heteroatoms. The first kappa shape index (κ1) is 13.8. The van der Waals surface area contributed by atoms with E-state index >= 15 is 0 Å². The van der Waals surface area contributed by atoms with Gasteiger partial charge in [-0.25, -0.2) is 0 Å². The van der Waals surface area contributed by atoms with E-state index in [1.807, 2.05) is 6.92 Å². The van der Waals surface area contributed by atoms with Crippen molar-refractivity contribution in [3.05, 3.63) is 28.8 Å². The number of hydrogen-bond donors (Lipinski definition) is 2. The highest BCUT2D eigenvalue weighted by Gasteiger charge is 2.15. The Hall–Kier alpha value is -1.26. The third-order valence-corrected chi connectivity index (χ3v) is 2.72. The Morgan fingerprint density at radius 3 is 2.88 bits per heavy atom. The predicted octanol–water partition coefficient (Wildman–Crippen LogP) is 2.08. The minimum atomic E-state index is -0.253. The van der Waals surface area contributed by atoms with Crippen LogP contribution in [0.15, 0.2) is 18.2 Å². The van der Waals surface area contributed by atoms with Gasteiger partial charge in [-0.3, -0.25) is 4.79 Å². The van der Waals surface area contributed by atoms with Crippen molar-refractivity contribution in [3.8, 4) is 0 Å². The van der Waals surface area contributed by atoms with Crippen LogP contribution in [0, 0.1) is 0 Å². The van der Waals surface area contributed by atoms with Crippen LogP contribution < -0.4 is 11.1 Å². The van der Waals surface area contributed by atoms with E-state index in [1.54, 1.807) is 25.3 Å². The number of nitrogens with one attached hydrogen (secondary N) is 1. The van der Waals surface area contributed by atoms with Crippen LogP contribution in [0.3, 0.4) is 0 Å². The summed E-state index contributed by atoms with van der Waals surface area (Å²) in [6, 6.07) is 5.02. The molecule has 17 heavy (non-hydrogen) atoms. The van der Waals surface area contributed by atoms with E-state index in [9.17, 15) is 4.79 Å².